The molecule has 2 heterocycles. The Morgan fingerprint density at radius 3 is 1.33 bits per heavy atom. The lowest BCUT2D eigenvalue weighted by Crippen LogP contribution is -2.62. The summed E-state index contributed by atoms with van der Waals surface area (Å²) in [6.07, 6.45) is -2.15. The molecule has 4 aromatic carbocycles. The molecule has 10 heteroatoms. The van der Waals surface area contributed by atoms with Crippen molar-refractivity contribution < 1.29 is 38.0 Å². The largest absolute Gasteiger partial charge is 0.444 e. The Morgan fingerprint density at radius 2 is 0.912 bits per heavy atom. The van der Waals surface area contributed by atoms with E-state index in [1.54, 1.807) is 0 Å². The highest BCUT2D eigenvalue weighted by Crippen LogP contribution is 2.31. The number of nitrogens with one attached hydrogen (secondary N) is 1. The first kappa shape index (κ1) is 44.0. The summed E-state index contributed by atoms with van der Waals surface area (Å²) in [5.74, 6) is 0.241. The molecule has 1 amide bonds. The van der Waals surface area contributed by atoms with Gasteiger partial charge in [0.05, 0.1) is 56.9 Å². The van der Waals surface area contributed by atoms with E-state index in [4.69, 9.17) is 38.9 Å². The van der Waals surface area contributed by atoms with Crippen molar-refractivity contribution in [2.75, 3.05) is 0 Å². The molecular weight excluding hydrogens is 721 g/mol. The Bertz CT molecular complexity index is 1730. The van der Waals surface area contributed by atoms with Crippen LogP contribution in [-0.4, -0.2) is 60.8 Å². The van der Waals surface area contributed by atoms with Crippen molar-refractivity contribution in [2.24, 2.45) is 17.6 Å². The van der Waals surface area contributed by atoms with E-state index in [0.717, 1.165) is 22.3 Å². The van der Waals surface area contributed by atoms with Gasteiger partial charge >= 0.3 is 6.09 Å². The zero-order valence-electron chi connectivity index (χ0n) is 34.5. The minimum Gasteiger partial charge on any atom is -0.444 e. The maximum Gasteiger partial charge on any atom is 0.408 e. The molecule has 0 saturated carbocycles. The molecule has 2 fully saturated rings. The zero-order chi connectivity index (χ0) is 40.8. The molecule has 0 bridgehead atoms. The number of benzene rings is 4. The molecule has 2 aliphatic rings. The minimum atomic E-state index is -0.672. The molecular formula is C47H62N2O8. The first-order valence-electron chi connectivity index (χ1n) is 20.1. The number of nitrogens with two attached hydrogens (primary N) is 1. The van der Waals surface area contributed by atoms with Gasteiger partial charge in [0.15, 0.2) is 12.6 Å². The molecule has 0 aliphatic carbocycles. The van der Waals surface area contributed by atoms with Gasteiger partial charge in [-0.3, -0.25) is 0 Å². The van der Waals surface area contributed by atoms with Gasteiger partial charge in [-0.1, -0.05) is 135 Å². The Kier molecular flexibility index (Phi) is 16.7. The monoisotopic (exact) mass is 782 g/mol. The van der Waals surface area contributed by atoms with Crippen molar-refractivity contribution in [3.8, 4) is 0 Å². The highest BCUT2D eigenvalue weighted by atomic mass is 16.7. The van der Waals surface area contributed by atoms with Crippen molar-refractivity contribution in [2.45, 2.75) is 130 Å². The summed E-state index contributed by atoms with van der Waals surface area (Å²) in [7, 11) is 0. The second kappa shape index (κ2) is 21.6. The van der Waals surface area contributed by atoms with Crippen molar-refractivity contribution in [1.82, 2.24) is 5.32 Å². The molecule has 0 radical (unpaired) electrons. The molecule has 4 aromatic rings. The van der Waals surface area contributed by atoms with Crippen LogP contribution in [0.15, 0.2) is 121 Å². The first-order chi connectivity index (χ1) is 27.4. The van der Waals surface area contributed by atoms with Crippen LogP contribution in [0.4, 0.5) is 4.79 Å². The van der Waals surface area contributed by atoms with Gasteiger partial charge in [0.1, 0.15) is 11.6 Å². The second-order valence-corrected chi connectivity index (χ2v) is 16.0. The molecule has 6 rings (SSSR count). The molecule has 2 aliphatic heterocycles. The van der Waals surface area contributed by atoms with Crippen LogP contribution in [0.5, 0.6) is 0 Å². The van der Waals surface area contributed by atoms with E-state index < -0.39 is 30.3 Å². The van der Waals surface area contributed by atoms with E-state index in [2.05, 4.69) is 31.3 Å². The number of hydrogen-bond acceptors (Lipinski definition) is 9. The number of carbonyl (C=O) groups excluding carboxylic acids is 1. The fourth-order valence-corrected chi connectivity index (χ4v) is 6.81. The molecule has 0 spiro atoms. The molecule has 0 aromatic heterocycles. The number of ether oxygens (including phenoxy) is 7. The van der Waals surface area contributed by atoms with E-state index in [1.165, 1.54) is 0 Å². The third-order valence-corrected chi connectivity index (χ3v) is 10.3. The fourth-order valence-electron chi connectivity index (χ4n) is 6.81. The van der Waals surface area contributed by atoms with E-state index in [1.807, 2.05) is 144 Å². The van der Waals surface area contributed by atoms with Gasteiger partial charge in [-0.2, -0.15) is 0 Å². The van der Waals surface area contributed by atoms with Crippen LogP contribution in [0.2, 0.25) is 0 Å². The van der Waals surface area contributed by atoms with Gasteiger partial charge in [0.25, 0.3) is 0 Å². The van der Waals surface area contributed by atoms with Crippen LogP contribution in [0.3, 0.4) is 0 Å². The van der Waals surface area contributed by atoms with Crippen LogP contribution >= 0.6 is 0 Å². The molecule has 2 saturated heterocycles. The lowest BCUT2D eigenvalue weighted by molar-refractivity contribution is -0.256. The van der Waals surface area contributed by atoms with Crippen LogP contribution < -0.4 is 11.1 Å². The Labute approximate surface area is 339 Å². The third kappa shape index (κ3) is 13.7. The summed E-state index contributed by atoms with van der Waals surface area (Å²) >= 11 is 0. The number of rotatable bonds is 13. The molecule has 3 N–H and O–H groups in total. The maximum absolute atomic E-state index is 12.7. The average molecular weight is 783 g/mol. The van der Waals surface area contributed by atoms with Crippen LogP contribution in [-0.2, 0) is 59.6 Å². The number of carbonyl (C=O) groups is 1. The summed E-state index contributed by atoms with van der Waals surface area (Å²) in [4.78, 5) is 12.7. The highest BCUT2D eigenvalue weighted by molar-refractivity contribution is 5.68. The van der Waals surface area contributed by atoms with Crippen molar-refractivity contribution >= 4 is 6.09 Å². The van der Waals surface area contributed by atoms with Gasteiger partial charge in [-0.05, 0) is 56.9 Å². The fraction of sp³-hybridized carbons (Fsp3) is 0.468. The van der Waals surface area contributed by atoms with Gasteiger partial charge in [0, 0.05) is 11.8 Å². The summed E-state index contributed by atoms with van der Waals surface area (Å²) in [6, 6.07) is 39.2. The third-order valence-electron chi connectivity index (χ3n) is 10.3. The molecule has 57 heavy (non-hydrogen) atoms. The van der Waals surface area contributed by atoms with Gasteiger partial charge in [-0.15, -0.1) is 0 Å². The quantitative estimate of drug-likeness (QED) is 0.138. The number of hydrogen-bond donors (Lipinski definition) is 2. The van der Waals surface area contributed by atoms with E-state index in [9.17, 15) is 4.79 Å². The predicted molar refractivity (Wildman–Crippen MR) is 221 cm³/mol. The van der Waals surface area contributed by atoms with Crippen LogP contribution in [0.25, 0.3) is 0 Å². The van der Waals surface area contributed by atoms with Gasteiger partial charge < -0.3 is 44.2 Å². The van der Waals surface area contributed by atoms with Gasteiger partial charge in [0.2, 0.25) is 0 Å². The molecule has 2 unspecified atom stereocenters. The van der Waals surface area contributed by atoms with Crippen molar-refractivity contribution in [3.05, 3.63) is 144 Å². The van der Waals surface area contributed by atoms with Crippen molar-refractivity contribution in [3.63, 3.8) is 0 Å². The zero-order valence-corrected chi connectivity index (χ0v) is 34.5. The Hall–Kier alpha value is -4.13. The Balaban J connectivity index is 0.000000224. The summed E-state index contributed by atoms with van der Waals surface area (Å²) in [6.45, 7) is 15.6. The molecule has 10 atom stereocenters. The summed E-state index contributed by atoms with van der Waals surface area (Å²) in [5, 5.41) is 2.96. The van der Waals surface area contributed by atoms with E-state index in [0.29, 0.717) is 26.4 Å². The maximum atomic E-state index is 12.7. The molecule has 308 valence electrons. The van der Waals surface area contributed by atoms with E-state index in [-0.39, 0.29) is 42.3 Å². The predicted octanol–water partition coefficient (Wildman–Crippen LogP) is 8.56. The summed E-state index contributed by atoms with van der Waals surface area (Å²) < 4.78 is 42.3. The SMILES string of the molecule is C[C@@H]1[C@@H](OCc2ccccc2)[C@H](N)C(OCc2ccccc2)O[C@@H]1C.C[C@@H]1[C@@H](OCc2ccccc2)[C@H](NC(=O)OC(C)(C)C)C(OCc2ccccc2)O[C@@H]1C. The van der Waals surface area contributed by atoms with Crippen LogP contribution in [0.1, 0.15) is 70.7 Å². The molecule has 10 nitrogen and oxygen atoms in total. The first-order valence-corrected chi connectivity index (χ1v) is 20.1. The second-order valence-electron chi connectivity index (χ2n) is 16.0. The lowest BCUT2D eigenvalue weighted by atomic mass is 9.89. The lowest BCUT2D eigenvalue weighted by Gasteiger charge is -2.44. The smallest absolute Gasteiger partial charge is 0.408 e. The van der Waals surface area contributed by atoms with Gasteiger partial charge in [-0.25, -0.2) is 4.79 Å². The average Bonchev–Trinajstić information content (AvgIpc) is 3.20. The topological polar surface area (TPSA) is 120 Å². The standard InChI is InChI=1S/C26H35NO5.C21H27NO3/c1-18-19(2)31-24(30-17-21-14-10-7-11-15-21)22(27-25(28)32-26(3,4)5)23(18)29-16-20-12-8-6-9-13-20;1-15-16(2)25-21(24-14-18-11-7-4-8-12-18)19(22)20(15)23-13-17-9-5-3-6-10-17/h6-15,18-19,22-24H,16-17H2,1-5H3,(H,27,28);3-12,15-16,19-21H,13-14,22H2,1-2H3/t18-,19+,22-,23+,24?;15-,16+,19-,20+,21?/m00/s1. The normalized spacial score (nSPS) is 27.4. The highest BCUT2D eigenvalue weighted by Gasteiger charge is 2.45. The minimum absolute atomic E-state index is 0.0290. The van der Waals surface area contributed by atoms with E-state index >= 15 is 0 Å². The number of amides is 1. The number of alkyl carbamates (subject to hydrolysis) is 1. The van der Waals surface area contributed by atoms with Crippen molar-refractivity contribution in [1.29, 1.82) is 0 Å². The summed E-state index contributed by atoms with van der Waals surface area (Å²) in [5.41, 5.74) is 10.2. The van der Waals surface area contributed by atoms with Crippen LogP contribution in [0, 0.1) is 11.8 Å². The Morgan fingerprint density at radius 1 is 0.561 bits per heavy atom.